The van der Waals surface area contributed by atoms with E-state index in [1.165, 1.54) is 6.08 Å². The second kappa shape index (κ2) is 2.96. The number of allylic oxidation sites excluding steroid dienone is 4. The maximum atomic E-state index is 12.3. The highest BCUT2D eigenvalue weighted by Gasteiger charge is 2.34. The van der Waals surface area contributed by atoms with Crippen LogP contribution in [0.5, 0.6) is 0 Å². The Morgan fingerprint density at radius 3 is 2.17 bits per heavy atom. The summed E-state index contributed by atoms with van der Waals surface area (Å²) in [4.78, 5) is 0. The van der Waals surface area contributed by atoms with E-state index in [-0.39, 0.29) is 0 Å². The summed E-state index contributed by atoms with van der Waals surface area (Å²) in [7, 11) is 0. The summed E-state index contributed by atoms with van der Waals surface area (Å²) in [6.07, 6.45) is -1.63. The lowest BCUT2D eigenvalue weighted by Gasteiger charge is -2.17. The summed E-state index contributed by atoms with van der Waals surface area (Å²) >= 11 is 0. The molecule has 0 unspecified atom stereocenters. The third kappa shape index (κ3) is 1.90. The van der Waals surface area contributed by atoms with Gasteiger partial charge in [-0.15, -0.1) is 0 Å². The highest BCUT2D eigenvalue weighted by molar-refractivity contribution is 5.35. The van der Waals surface area contributed by atoms with Crippen molar-refractivity contribution in [3.63, 3.8) is 0 Å². The zero-order chi connectivity index (χ0) is 9.35. The minimum Gasteiger partial charge on any atom is -0.166 e. The van der Waals surface area contributed by atoms with E-state index < -0.39 is 11.7 Å². The van der Waals surface area contributed by atoms with Crippen LogP contribution in [-0.2, 0) is 0 Å². The molecule has 0 bridgehead atoms. The lowest BCUT2D eigenvalue weighted by atomic mass is 9.94. The van der Waals surface area contributed by atoms with Gasteiger partial charge in [0.2, 0.25) is 0 Å². The van der Waals surface area contributed by atoms with Gasteiger partial charge in [-0.25, -0.2) is 0 Å². The third-order valence-corrected chi connectivity index (χ3v) is 2.05. The van der Waals surface area contributed by atoms with Gasteiger partial charge in [0, 0.05) is 0 Å². The van der Waals surface area contributed by atoms with Crippen LogP contribution in [0.1, 0.15) is 26.7 Å². The first-order valence-corrected chi connectivity index (χ1v) is 3.85. The van der Waals surface area contributed by atoms with Gasteiger partial charge in [-0.3, -0.25) is 0 Å². The van der Waals surface area contributed by atoms with Crippen LogP contribution in [0.25, 0.3) is 0 Å². The summed E-state index contributed by atoms with van der Waals surface area (Å²) in [5.74, 6) is 0. The van der Waals surface area contributed by atoms with Gasteiger partial charge in [-0.05, 0) is 26.7 Å². The molecule has 0 N–H and O–H groups in total. The number of alkyl halides is 3. The van der Waals surface area contributed by atoms with Crippen molar-refractivity contribution in [1.29, 1.82) is 0 Å². The van der Waals surface area contributed by atoms with Crippen LogP contribution in [0.15, 0.2) is 22.8 Å². The van der Waals surface area contributed by atoms with E-state index in [9.17, 15) is 13.2 Å². The zero-order valence-electron chi connectivity index (χ0n) is 7.13. The molecule has 12 heavy (non-hydrogen) atoms. The minimum absolute atomic E-state index is 0.452. The number of hydrogen-bond donors (Lipinski definition) is 0. The first kappa shape index (κ1) is 9.36. The zero-order valence-corrected chi connectivity index (χ0v) is 7.13. The second-order valence-corrected chi connectivity index (χ2v) is 3.18. The van der Waals surface area contributed by atoms with Crippen molar-refractivity contribution in [2.75, 3.05) is 0 Å². The molecule has 1 aliphatic carbocycles. The molecule has 0 fully saturated rings. The van der Waals surface area contributed by atoms with E-state index in [2.05, 4.69) is 0 Å². The van der Waals surface area contributed by atoms with Gasteiger partial charge in [0.05, 0.1) is 5.57 Å². The number of halogens is 3. The van der Waals surface area contributed by atoms with E-state index in [1.54, 1.807) is 13.8 Å². The van der Waals surface area contributed by atoms with Crippen LogP contribution >= 0.6 is 0 Å². The maximum absolute atomic E-state index is 12.3. The molecular formula is C9H11F3. The topological polar surface area (TPSA) is 0 Å². The number of rotatable bonds is 0. The van der Waals surface area contributed by atoms with Gasteiger partial charge in [-0.2, -0.15) is 13.2 Å². The summed E-state index contributed by atoms with van der Waals surface area (Å²) in [6, 6.07) is 0. The molecule has 0 saturated heterocycles. The molecule has 1 rings (SSSR count). The summed E-state index contributed by atoms with van der Waals surface area (Å²) < 4.78 is 36.8. The third-order valence-electron chi connectivity index (χ3n) is 2.05. The molecule has 0 amide bonds. The lowest BCUT2D eigenvalue weighted by Crippen LogP contribution is -2.14. The predicted molar refractivity (Wildman–Crippen MR) is 41.7 cm³/mol. The second-order valence-electron chi connectivity index (χ2n) is 3.18. The Labute approximate surface area is 69.8 Å². The fourth-order valence-electron chi connectivity index (χ4n) is 1.28. The van der Waals surface area contributed by atoms with E-state index in [1.807, 2.05) is 0 Å². The molecule has 0 spiro atoms. The molecule has 0 aromatic heterocycles. The summed E-state index contributed by atoms with van der Waals surface area (Å²) in [5.41, 5.74) is 0.812. The normalized spacial score (nSPS) is 19.6. The van der Waals surface area contributed by atoms with Crippen LogP contribution in [0, 0.1) is 0 Å². The molecule has 0 saturated carbocycles. The molecule has 0 aliphatic heterocycles. The molecule has 1 aliphatic rings. The fraction of sp³-hybridized carbons (Fsp3) is 0.556. The predicted octanol–water partition coefficient (Wildman–Crippen LogP) is 3.61. The van der Waals surface area contributed by atoms with Crippen molar-refractivity contribution in [3.8, 4) is 0 Å². The first-order valence-electron chi connectivity index (χ1n) is 3.85. The van der Waals surface area contributed by atoms with Gasteiger partial charge in [0.25, 0.3) is 0 Å². The standard InChI is InChI=1S/C9H11F3/c1-6-3-4-7(2)8(5-6)9(10,11)12/h5H,3-4H2,1-2H3. The highest BCUT2D eigenvalue weighted by Crippen LogP contribution is 2.35. The molecule has 0 aromatic carbocycles. The van der Waals surface area contributed by atoms with Crippen LogP contribution < -0.4 is 0 Å². The highest BCUT2D eigenvalue weighted by atomic mass is 19.4. The van der Waals surface area contributed by atoms with Crippen LogP contribution in [0.3, 0.4) is 0 Å². The molecule has 0 aromatic rings. The van der Waals surface area contributed by atoms with E-state index in [4.69, 9.17) is 0 Å². The number of hydrogen-bond acceptors (Lipinski definition) is 0. The monoisotopic (exact) mass is 176 g/mol. The fourth-order valence-corrected chi connectivity index (χ4v) is 1.28. The Balaban J connectivity index is 3.02. The van der Waals surface area contributed by atoms with Gasteiger partial charge in [-0.1, -0.05) is 17.2 Å². The lowest BCUT2D eigenvalue weighted by molar-refractivity contribution is -0.0894. The van der Waals surface area contributed by atoms with Gasteiger partial charge >= 0.3 is 6.18 Å². The van der Waals surface area contributed by atoms with Crippen molar-refractivity contribution in [3.05, 3.63) is 22.8 Å². The van der Waals surface area contributed by atoms with E-state index >= 15 is 0 Å². The summed E-state index contributed by atoms with van der Waals surface area (Å²) in [6.45, 7) is 3.28. The largest absolute Gasteiger partial charge is 0.416 e. The average Bonchev–Trinajstić information content (AvgIpc) is 1.92. The SMILES string of the molecule is CC1=CC(C(F)(F)F)=C(C)CC1. The molecule has 0 atom stereocenters. The van der Waals surface area contributed by atoms with Crippen molar-refractivity contribution >= 4 is 0 Å². The van der Waals surface area contributed by atoms with Crippen molar-refractivity contribution in [2.24, 2.45) is 0 Å². The Kier molecular flexibility index (Phi) is 2.31. The minimum atomic E-state index is -4.17. The van der Waals surface area contributed by atoms with Crippen molar-refractivity contribution in [2.45, 2.75) is 32.9 Å². The Hall–Kier alpha value is -0.730. The van der Waals surface area contributed by atoms with E-state index in [0.29, 0.717) is 12.0 Å². The van der Waals surface area contributed by atoms with Crippen molar-refractivity contribution in [1.82, 2.24) is 0 Å². The first-order chi connectivity index (χ1) is 5.41. The molecular weight excluding hydrogens is 165 g/mol. The molecule has 3 heteroatoms. The Morgan fingerprint density at radius 2 is 1.75 bits per heavy atom. The smallest absolute Gasteiger partial charge is 0.166 e. The summed E-state index contributed by atoms with van der Waals surface area (Å²) in [5, 5.41) is 0. The van der Waals surface area contributed by atoms with Gasteiger partial charge in [0.1, 0.15) is 0 Å². The molecule has 0 heterocycles. The van der Waals surface area contributed by atoms with Crippen LogP contribution in [0.4, 0.5) is 13.2 Å². The molecule has 0 nitrogen and oxygen atoms in total. The van der Waals surface area contributed by atoms with Crippen LogP contribution in [-0.4, -0.2) is 6.18 Å². The van der Waals surface area contributed by atoms with E-state index in [0.717, 1.165) is 12.0 Å². The average molecular weight is 176 g/mol. The van der Waals surface area contributed by atoms with Gasteiger partial charge in [0.15, 0.2) is 0 Å². The van der Waals surface area contributed by atoms with Crippen LogP contribution in [0.2, 0.25) is 0 Å². The Bertz CT molecular complexity index is 243. The Morgan fingerprint density at radius 1 is 1.17 bits per heavy atom. The van der Waals surface area contributed by atoms with Gasteiger partial charge < -0.3 is 0 Å². The van der Waals surface area contributed by atoms with Crippen molar-refractivity contribution < 1.29 is 13.2 Å². The maximum Gasteiger partial charge on any atom is 0.416 e. The molecule has 0 radical (unpaired) electrons. The molecule has 68 valence electrons. The quantitative estimate of drug-likeness (QED) is 0.529.